The molecule has 1 N–H and O–H groups in total. The number of amides is 2. The number of ether oxygens (including phenoxy) is 2. The minimum Gasteiger partial charge on any atom is -0.493 e. The number of hydrogen-bond donors (Lipinski definition) is 1. The molecule has 0 aliphatic carbocycles. The van der Waals surface area contributed by atoms with Crippen LogP contribution in [0.3, 0.4) is 0 Å². The quantitative estimate of drug-likeness (QED) is 0.514. The highest BCUT2D eigenvalue weighted by Gasteiger charge is 2.33. The van der Waals surface area contributed by atoms with E-state index in [9.17, 15) is 9.59 Å². The third kappa shape index (κ3) is 4.83. The Balaban J connectivity index is 1.73. The first-order valence-corrected chi connectivity index (χ1v) is 10.5. The van der Waals surface area contributed by atoms with Gasteiger partial charge < -0.3 is 14.8 Å². The van der Waals surface area contributed by atoms with Crippen LogP contribution >= 0.6 is 24.0 Å². The first-order valence-electron chi connectivity index (χ1n) is 9.32. The summed E-state index contributed by atoms with van der Waals surface area (Å²) in [4.78, 5) is 27.1. The SMILES string of the molecule is CCc1ccccc1NC(=O)CN1C(=O)/C(=C/c2ccc(OC)c(OC)c2)SC1=S. The van der Waals surface area contributed by atoms with Crippen LogP contribution in [0, 0.1) is 0 Å². The van der Waals surface area contributed by atoms with Gasteiger partial charge in [-0.05, 0) is 41.8 Å². The minimum atomic E-state index is -0.293. The summed E-state index contributed by atoms with van der Waals surface area (Å²) in [7, 11) is 3.11. The molecule has 1 fully saturated rings. The topological polar surface area (TPSA) is 67.9 Å². The molecule has 1 aliphatic rings. The van der Waals surface area contributed by atoms with Gasteiger partial charge in [-0.15, -0.1) is 0 Å². The van der Waals surface area contributed by atoms with Crippen LogP contribution in [0.5, 0.6) is 11.5 Å². The lowest BCUT2D eigenvalue weighted by molar-refractivity contribution is -0.126. The molecule has 1 saturated heterocycles. The maximum absolute atomic E-state index is 12.8. The fourth-order valence-electron chi connectivity index (χ4n) is 3.01. The average Bonchev–Trinajstić information content (AvgIpc) is 3.01. The predicted octanol–water partition coefficient (Wildman–Crippen LogP) is 4.11. The molecular formula is C22H22N2O4S2. The van der Waals surface area contributed by atoms with Crippen LogP contribution in [-0.4, -0.2) is 41.8 Å². The van der Waals surface area contributed by atoms with Gasteiger partial charge in [-0.3, -0.25) is 14.5 Å². The van der Waals surface area contributed by atoms with Crippen molar-refractivity contribution in [3.63, 3.8) is 0 Å². The normalized spacial score (nSPS) is 14.9. The van der Waals surface area contributed by atoms with Crippen molar-refractivity contribution in [2.75, 3.05) is 26.1 Å². The molecule has 0 spiro atoms. The van der Waals surface area contributed by atoms with E-state index in [1.165, 1.54) is 16.7 Å². The van der Waals surface area contributed by atoms with Crippen molar-refractivity contribution in [2.45, 2.75) is 13.3 Å². The zero-order chi connectivity index (χ0) is 21.7. The second-order valence-corrected chi connectivity index (χ2v) is 8.12. The number of thiocarbonyl (C=S) groups is 1. The molecule has 1 heterocycles. The van der Waals surface area contributed by atoms with Gasteiger partial charge in [-0.25, -0.2) is 0 Å². The van der Waals surface area contributed by atoms with Crippen LogP contribution in [0.4, 0.5) is 5.69 Å². The number of rotatable bonds is 7. The van der Waals surface area contributed by atoms with Gasteiger partial charge in [-0.1, -0.05) is 55.2 Å². The molecule has 1 aliphatic heterocycles. The second-order valence-electron chi connectivity index (χ2n) is 6.44. The monoisotopic (exact) mass is 442 g/mol. The highest BCUT2D eigenvalue weighted by atomic mass is 32.2. The van der Waals surface area contributed by atoms with Gasteiger partial charge in [-0.2, -0.15) is 0 Å². The summed E-state index contributed by atoms with van der Waals surface area (Å²) in [5, 5.41) is 2.87. The van der Waals surface area contributed by atoms with E-state index in [1.807, 2.05) is 37.3 Å². The van der Waals surface area contributed by atoms with Crippen molar-refractivity contribution < 1.29 is 19.1 Å². The Bertz CT molecular complexity index is 1020. The number of methoxy groups -OCH3 is 2. The van der Waals surface area contributed by atoms with Crippen molar-refractivity contribution in [1.82, 2.24) is 4.90 Å². The summed E-state index contributed by atoms with van der Waals surface area (Å²) in [6.07, 6.45) is 2.52. The Morgan fingerprint density at radius 3 is 2.60 bits per heavy atom. The zero-order valence-electron chi connectivity index (χ0n) is 16.9. The van der Waals surface area contributed by atoms with Crippen molar-refractivity contribution in [3.8, 4) is 11.5 Å². The highest BCUT2D eigenvalue weighted by molar-refractivity contribution is 8.26. The number of para-hydroxylation sites is 1. The lowest BCUT2D eigenvalue weighted by Crippen LogP contribution is -2.36. The van der Waals surface area contributed by atoms with Crippen LogP contribution < -0.4 is 14.8 Å². The van der Waals surface area contributed by atoms with Gasteiger partial charge in [0.05, 0.1) is 19.1 Å². The summed E-state index contributed by atoms with van der Waals surface area (Å²) in [5.74, 6) is 0.584. The highest BCUT2D eigenvalue weighted by Crippen LogP contribution is 2.34. The maximum Gasteiger partial charge on any atom is 0.266 e. The molecule has 0 aromatic heterocycles. The third-order valence-electron chi connectivity index (χ3n) is 4.55. The van der Waals surface area contributed by atoms with Crippen LogP contribution in [0.2, 0.25) is 0 Å². The van der Waals surface area contributed by atoms with E-state index in [0.29, 0.717) is 20.7 Å². The molecule has 2 aromatic carbocycles. The van der Waals surface area contributed by atoms with E-state index in [2.05, 4.69) is 5.32 Å². The summed E-state index contributed by atoms with van der Waals surface area (Å²) < 4.78 is 10.9. The molecule has 30 heavy (non-hydrogen) atoms. The summed E-state index contributed by atoms with van der Waals surface area (Å²) >= 11 is 6.51. The van der Waals surface area contributed by atoms with Crippen LogP contribution in [-0.2, 0) is 16.0 Å². The first-order chi connectivity index (χ1) is 14.5. The lowest BCUT2D eigenvalue weighted by atomic mass is 10.1. The Hall–Kier alpha value is -2.84. The Morgan fingerprint density at radius 1 is 1.17 bits per heavy atom. The van der Waals surface area contributed by atoms with Gasteiger partial charge in [0.25, 0.3) is 5.91 Å². The molecule has 0 atom stereocenters. The van der Waals surface area contributed by atoms with Gasteiger partial charge in [0.1, 0.15) is 10.9 Å². The third-order valence-corrected chi connectivity index (χ3v) is 5.93. The van der Waals surface area contributed by atoms with E-state index in [1.54, 1.807) is 32.4 Å². The van der Waals surface area contributed by atoms with E-state index >= 15 is 0 Å². The number of carbonyl (C=O) groups is 2. The van der Waals surface area contributed by atoms with Gasteiger partial charge in [0, 0.05) is 5.69 Å². The number of nitrogens with one attached hydrogen (secondary N) is 1. The molecule has 0 bridgehead atoms. The number of thioether (sulfide) groups is 1. The molecule has 6 nitrogen and oxygen atoms in total. The molecular weight excluding hydrogens is 420 g/mol. The summed E-state index contributed by atoms with van der Waals surface area (Å²) in [5.41, 5.74) is 2.55. The number of hydrogen-bond acceptors (Lipinski definition) is 6. The van der Waals surface area contributed by atoms with E-state index < -0.39 is 0 Å². The summed E-state index contributed by atoms with van der Waals surface area (Å²) in [6.45, 7) is 1.89. The average molecular weight is 443 g/mol. The number of anilines is 1. The number of benzene rings is 2. The minimum absolute atomic E-state index is 0.133. The Labute approximate surface area is 185 Å². The number of carbonyl (C=O) groups excluding carboxylic acids is 2. The molecule has 156 valence electrons. The van der Waals surface area contributed by atoms with E-state index in [-0.39, 0.29) is 18.4 Å². The van der Waals surface area contributed by atoms with Crippen LogP contribution in [0.25, 0.3) is 6.08 Å². The maximum atomic E-state index is 12.8. The molecule has 8 heteroatoms. The van der Waals surface area contributed by atoms with E-state index in [4.69, 9.17) is 21.7 Å². The lowest BCUT2D eigenvalue weighted by Gasteiger charge is -2.15. The van der Waals surface area contributed by atoms with Crippen molar-refractivity contribution in [3.05, 3.63) is 58.5 Å². The van der Waals surface area contributed by atoms with E-state index in [0.717, 1.165) is 23.2 Å². The Morgan fingerprint density at radius 2 is 1.90 bits per heavy atom. The fraction of sp³-hybridized carbons (Fsp3) is 0.227. The standard InChI is InChI=1S/C22H22N2O4S2/c1-4-15-7-5-6-8-16(15)23-20(25)13-24-21(26)19(30-22(24)29)12-14-9-10-17(27-2)18(11-14)28-3/h5-12H,4,13H2,1-3H3,(H,23,25)/b19-12-. The molecule has 2 amide bonds. The van der Waals surface area contributed by atoms with Gasteiger partial charge in [0.2, 0.25) is 5.91 Å². The molecule has 0 unspecified atom stereocenters. The van der Waals surface area contributed by atoms with Crippen LogP contribution in [0.15, 0.2) is 47.4 Å². The second kappa shape index (κ2) is 9.77. The van der Waals surface area contributed by atoms with Crippen molar-refractivity contribution >= 4 is 51.9 Å². The smallest absolute Gasteiger partial charge is 0.266 e. The van der Waals surface area contributed by atoms with Crippen molar-refractivity contribution in [2.24, 2.45) is 0 Å². The largest absolute Gasteiger partial charge is 0.493 e. The molecule has 0 radical (unpaired) electrons. The van der Waals surface area contributed by atoms with Crippen molar-refractivity contribution in [1.29, 1.82) is 0 Å². The van der Waals surface area contributed by atoms with Gasteiger partial charge in [0.15, 0.2) is 11.5 Å². The molecule has 2 aromatic rings. The number of aryl methyl sites for hydroxylation is 1. The molecule has 0 saturated carbocycles. The summed E-state index contributed by atoms with van der Waals surface area (Å²) in [6, 6.07) is 13.0. The zero-order valence-corrected chi connectivity index (χ0v) is 18.6. The fourth-order valence-corrected chi connectivity index (χ4v) is 4.27. The Kier molecular flexibility index (Phi) is 7.12. The first kappa shape index (κ1) is 21.9. The number of nitrogens with zero attached hydrogens (tertiary/aromatic N) is 1. The van der Waals surface area contributed by atoms with Crippen LogP contribution in [0.1, 0.15) is 18.1 Å². The predicted molar refractivity (Wildman–Crippen MR) is 124 cm³/mol. The van der Waals surface area contributed by atoms with Gasteiger partial charge >= 0.3 is 0 Å². The molecule has 3 rings (SSSR count).